The van der Waals surface area contributed by atoms with Gasteiger partial charge in [0.2, 0.25) is 15.9 Å². The van der Waals surface area contributed by atoms with Crippen LogP contribution in [0.4, 0.5) is 0 Å². The third-order valence-corrected chi connectivity index (χ3v) is 6.10. The van der Waals surface area contributed by atoms with Crippen molar-refractivity contribution in [3.63, 3.8) is 0 Å². The van der Waals surface area contributed by atoms with Crippen LogP contribution in [0.1, 0.15) is 12.0 Å². The van der Waals surface area contributed by atoms with Gasteiger partial charge in [-0.15, -0.1) is 0 Å². The van der Waals surface area contributed by atoms with Crippen LogP contribution < -0.4 is 0 Å². The predicted molar refractivity (Wildman–Crippen MR) is 81.6 cm³/mol. The predicted octanol–water partition coefficient (Wildman–Crippen LogP) is 0.448. The van der Waals surface area contributed by atoms with Gasteiger partial charge < -0.3 is 9.64 Å². The summed E-state index contributed by atoms with van der Waals surface area (Å²) in [4.78, 5) is 14.0. The van der Waals surface area contributed by atoms with Gasteiger partial charge >= 0.3 is 0 Å². The van der Waals surface area contributed by atoms with Gasteiger partial charge in [0.15, 0.2) is 0 Å². The van der Waals surface area contributed by atoms with Crippen LogP contribution >= 0.6 is 0 Å². The van der Waals surface area contributed by atoms with Crippen molar-refractivity contribution in [2.45, 2.75) is 24.3 Å². The summed E-state index contributed by atoms with van der Waals surface area (Å²) < 4.78 is 31.8. The minimum atomic E-state index is -3.49. The van der Waals surface area contributed by atoms with Gasteiger partial charge in [-0.05, 0) is 12.0 Å². The van der Waals surface area contributed by atoms with Gasteiger partial charge in [-0.2, -0.15) is 4.31 Å². The van der Waals surface area contributed by atoms with E-state index in [9.17, 15) is 13.2 Å². The number of amides is 1. The summed E-state index contributed by atoms with van der Waals surface area (Å²) in [6, 6.07) is 8.97. The summed E-state index contributed by atoms with van der Waals surface area (Å²) in [5.74, 6) is -0.200. The first-order valence-electron chi connectivity index (χ1n) is 7.33. The first kappa shape index (κ1) is 15.5. The minimum Gasteiger partial charge on any atom is -0.380 e. The number of carbonyl (C=O) groups excluding carboxylic acids is 1. The maximum Gasteiger partial charge on any atom is 0.238 e. The van der Waals surface area contributed by atoms with Crippen molar-refractivity contribution < 1.29 is 17.9 Å². The molecule has 0 saturated carbocycles. The normalized spacial score (nSPS) is 26.2. The van der Waals surface area contributed by atoms with E-state index in [0.717, 1.165) is 5.56 Å². The average Bonchev–Trinajstić information content (AvgIpc) is 2.91. The molecule has 0 radical (unpaired) electrons. The lowest BCUT2D eigenvalue weighted by molar-refractivity contribution is -0.135. The number of ether oxygens (including phenoxy) is 1. The van der Waals surface area contributed by atoms with Gasteiger partial charge in [0, 0.05) is 26.2 Å². The molecule has 2 aliphatic rings. The van der Waals surface area contributed by atoms with Crippen molar-refractivity contribution in [2.75, 3.05) is 26.7 Å². The maximum absolute atomic E-state index is 12.6. The van der Waals surface area contributed by atoms with Gasteiger partial charge in [0.05, 0.1) is 18.4 Å². The van der Waals surface area contributed by atoms with Crippen LogP contribution in [0, 0.1) is 0 Å². The van der Waals surface area contributed by atoms with Gasteiger partial charge in [-0.1, -0.05) is 30.3 Å². The summed E-state index contributed by atoms with van der Waals surface area (Å²) in [6.45, 7) is 0.857. The molecule has 2 fully saturated rings. The Morgan fingerprint density at radius 1 is 1.23 bits per heavy atom. The molecule has 0 bridgehead atoms. The Hall–Kier alpha value is -1.44. The molecule has 1 aromatic rings. The van der Waals surface area contributed by atoms with Gasteiger partial charge in [-0.25, -0.2) is 8.42 Å². The zero-order chi connectivity index (χ0) is 15.7. The second kappa shape index (κ2) is 5.98. The van der Waals surface area contributed by atoms with Gasteiger partial charge in [0.1, 0.15) is 0 Å². The van der Waals surface area contributed by atoms with E-state index in [1.807, 2.05) is 18.2 Å². The maximum atomic E-state index is 12.6. The number of carbonyl (C=O) groups is 1. The number of piperazine rings is 1. The fraction of sp³-hybridized carbons (Fsp3) is 0.533. The van der Waals surface area contributed by atoms with E-state index in [0.29, 0.717) is 19.5 Å². The number of benzene rings is 1. The molecule has 2 heterocycles. The molecule has 3 rings (SSSR count). The molecule has 0 unspecified atom stereocenters. The molecule has 0 aromatic heterocycles. The average molecular weight is 324 g/mol. The molecule has 120 valence electrons. The smallest absolute Gasteiger partial charge is 0.238 e. The Labute approximate surface area is 130 Å². The van der Waals surface area contributed by atoms with Crippen LogP contribution in [-0.4, -0.2) is 62.4 Å². The molecule has 0 N–H and O–H groups in total. The Morgan fingerprint density at radius 2 is 1.95 bits per heavy atom. The number of methoxy groups -OCH3 is 1. The number of hydrogen-bond donors (Lipinski definition) is 0. The quantitative estimate of drug-likeness (QED) is 0.806. The third kappa shape index (κ3) is 3.02. The lowest BCUT2D eigenvalue weighted by Gasteiger charge is -2.36. The molecule has 2 aliphatic heterocycles. The molecule has 6 nitrogen and oxygen atoms in total. The van der Waals surface area contributed by atoms with Crippen molar-refractivity contribution in [1.82, 2.24) is 9.21 Å². The topological polar surface area (TPSA) is 66.9 Å². The monoisotopic (exact) mass is 324 g/mol. The Bertz CT molecular complexity index is 647. The Morgan fingerprint density at radius 3 is 2.64 bits per heavy atom. The summed E-state index contributed by atoms with van der Waals surface area (Å²) in [6.07, 6.45) is 0.699. The summed E-state index contributed by atoms with van der Waals surface area (Å²) in [5, 5.41) is 0. The van der Waals surface area contributed by atoms with Crippen molar-refractivity contribution in [3.8, 4) is 0 Å². The van der Waals surface area contributed by atoms with E-state index in [-0.39, 0.29) is 30.4 Å². The van der Waals surface area contributed by atoms with Gasteiger partial charge in [-0.3, -0.25) is 4.79 Å². The van der Waals surface area contributed by atoms with E-state index < -0.39 is 10.0 Å². The fourth-order valence-electron chi connectivity index (χ4n) is 3.15. The molecule has 1 amide bonds. The second-order valence-corrected chi connectivity index (χ2v) is 7.80. The first-order valence-corrected chi connectivity index (χ1v) is 8.94. The van der Waals surface area contributed by atoms with Crippen LogP contribution in [0.5, 0.6) is 0 Å². The van der Waals surface area contributed by atoms with Crippen LogP contribution in [0.2, 0.25) is 0 Å². The highest BCUT2D eigenvalue weighted by Gasteiger charge is 2.43. The van der Waals surface area contributed by atoms with E-state index in [1.54, 1.807) is 24.1 Å². The molecular formula is C15H20N2O4S. The second-order valence-electron chi connectivity index (χ2n) is 5.83. The number of rotatable bonds is 4. The van der Waals surface area contributed by atoms with Crippen molar-refractivity contribution in [3.05, 3.63) is 35.9 Å². The first-order chi connectivity index (χ1) is 10.5. The molecule has 2 saturated heterocycles. The van der Waals surface area contributed by atoms with E-state index >= 15 is 0 Å². The zero-order valence-corrected chi connectivity index (χ0v) is 13.3. The highest BCUT2D eigenvalue weighted by Crippen LogP contribution is 2.26. The SMILES string of the molecule is CO[C@H]1C[C@H]2CN(S(=O)(=O)Cc3ccccc3)CC(=O)N2C1. The number of nitrogens with zero attached hydrogens (tertiary/aromatic N) is 2. The molecule has 1 aromatic carbocycles. The summed E-state index contributed by atoms with van der Waals surface area (Å²) in [7, 11) is -1.86. The van der Waals surface area contributed by atoms with Gasteiger partial charge in [0.25, 0.3) is 0 Å². The van der Waals surface area contributed by atoms with Crippen LogP contribution in [0.15, 0.2) is 30.3 Å². The minimum absolute atomic E-state index is 0.00530. The molecular weight excluding hydrogens is 304 g/mol. The van der Waals surface area contributed by atoms with Crippen LogP contribution in [-0.2, 0) is 25.3 Å². The fourth-order valence-corrected chi connectivity index (χ4v) is 4.65. The molecule has 0 spiro atoms. The highest BCUT2D eigenvalue weighted by molar-refractivity contribution is 7.88. The number of sulfonamides is 1. The van der Waals surface area contributed by atoms with E-state index in [2.05, 4.69) is 0 Å². The summed E-state index contributed by atoms with van der Waals surface area (Å²) >= 11 is 0. The molecule has 2 atom stereocenters. The lowest BCUT2D eigenvalue weighted by atomic mass is 10.2. The molecule has 0 aliphatic carbocycles. The lowest BCUT2D eigenvalue weighted by Crippen LogP contribution is -2.55. The van der Waals surface area contributed by atoms with Crippen molar-refractivity contribution in [1.29, 1.82) is 0 Å². The van der Waals surface area contributed by atoms with E-state index in [4.69, 9.17) is 4.74 Å². The molecule has 7 heteroatoms. The largest absolute Gasteiger partial charge is 0.380 e. The number of fused-ring (bicyclic) bond motifs is 1. The van der Waals surface area contributed by atoms with Crippen LogP contribution in [0.3, 0.4) is 0 Å². The van der Waals surface area contributed by atoms with E-state index in [1.165, 1.54) is 4.31 Å². The number of hydrogen-bond acceptors (Lipinski definition) is 4. The van der Waals surface area contributed by atoms with Crippen molar-refractivity contribution in [2.24, 2.45) is 0 Å². The standard InChI is InChI=1S/C15H20N2O4S/c1-21-14-7-13-8-16(10-15(18)17(13)9-14)22(19,20)11-12-5-3-2-4-6-12/h2-6,13-14H,7-11H2,1H3/t13-,14-/m0/s1. The zero-order valence-electron chi connectivity index (χ0n) is 12.5. The summed E-state index contributed by atoms with van der Waals surface area (Å²) in [5.41, 5.74) is 0.735. The Balaban J connectivity index is 1.74. The molecule has 22 heavy (non-hydrogen) atoms. The highest BCUT2D eigenvalue weighted by atomic mass is 32.2. The van der Waals surface area contributed by atoms with Crippen LogP contribution in [0.25, 0.3) is 0 Å². The third-order valence-electron chi connectivity index (χ3n) is 4.34. The Kier molecular flexibility index (Phi) is 4.20. The van der Waals surface area contributed by atoms with Crippen molar-refractivity contribution >= 4 is 15.9 Å².